The van der Waals surface area contributed by atoms with Gasteiger partial charge in [0.05, 0.1) is 0 Å². The Bertz CT molecular complexity index is 1200. The number of nitrogens with zero attached hydrogens (tertiary/aromatic N) is 3. The number of piperidine rings is 1. The van der Waals surface area contributed by atoms with Gasteiger partial charge in [0.25, 0.3) is 0 Å². The second-order valence-electron chi connectivity index (χ2n) is 14.2. The Morgan fingerprint density at radius 2 is 1.80 bits per heavy atom. The van der Waals surface area contributed by atoms with Crippen LogP contribution in [0.3, 0.4) is 0 Å². The second-order valence-corrected chi connectivity index (χ2v) is 14.2. The van der Waals surface area contributed by atoms with E-state index in [2.05, 4.69) is 22.9 Å². The van der Waals surface area contributed by atoms with Crippen LogP contribution in [0.1, 0.15) is 104 Å². The number of rotatable bonds is 6. The normalized spacial score (nSPS) is 31.3. The minimum absolute atomic E-state index is 0.0103. The molecule has 8 heteroatoms. The van der Waals surface area contributed by atoms with E-state index in [9.17, 15) is 14.7 Å². The van der Waals surface area contributed by atoms with Crippen molar-refractivity contribution in [1.82, 2.24) is 14.8 Å². The molecule has 0 spiro atoms. The SMILES string of the molecule is C/C(=C\C=C\[C@H](C)c1ccccn1)[C@H]1OC(=O)C[C@H](C)CC[C@@](C)(O)[C@@H](OC(=O)N2CCC(N3CCCCCC3)CC2)/C=C/[C@@H]1C. The lowest BCUT2D eigenvalue weighted by Crippen LogP contribution is -2.49. The summed E-state index contributed by atoms with van der Waals surface area (Å²) >= 11 is 0. The number of hydrogen-bond acceptors (Lipinski definition) is 7. The fourth-order valence-electron chi connectivity index (χ4n) is 6.89. The third-order valence-electron chi connectivity index (χ3n) is 10.1. The Morgan fingerprint density at radius 1 is 1.09 bits per heavy atom. The number of ether oxygens (including phenoxy) is 2. The maximum atomic E-state index is 13.5. The molecule has 6 atom stereocenters. The maximum absolute atomic E-state index is 13.5. The highest BCUT2D eigenvalue weighted by molar-refractivity contribution is 5.70. The number of aromatic nitrogens is 1. The summed E-state index contributed by atoms with van der Waals surface area (Å²) in [6, 6.07) is 6.42. The molecular weight excluding hydrogens is 578 g/mol. The van der Waals surface area contributed by atoms with E-state index in [1.54, 1.807) is 24.1 Å². The largest absolute Gasteiger partial charge is 0.457 e. The highest BCUT2D eigenvalue weighted by Crippen LogP contribution is 2.29. The average Bonchev–Trinajstić information content (AvgIpc) is 3.34. The smallest absolute Gasteiger partial charge is 0.410 e. The number of carbonyl (C=O) groups is 2. The number of hydrogen-bond donors (Lipinski definition) is 1. The first kappa shape index (κ1) is 35.9. The molecule has 0 aromatic carbocycles. The van der Waals surface area contributed by atoms with E-state index in [1.165, 1.54) is 25.7 Å². The molecule has 46 heavy (non-hydrogen) atoms. The summed E-state index contributed by atoms with van der Waals surface area (Å²) in [5.41, 5.74) is 0.618. The van der Waals surface area contributed by atoms with Crippen molar-refractivity contribution in [3.05, 3.63) is 66.0 Å². The molecule has 8 nitrogen and oxygen atoms in total. The Morgan fingerprint density at radius 3 is 2.48 bits per heavy atom. The Kier molecular flexibility index (Phi) is 13.5. The van der Waals surface area contributed by atoms with Gasteiger partial charge in [-0.1, -0.05) is 64.0 Å². The first-order chi connectivity index (χ1) is 22.0. The van der Waals surface area contributed by atoms with Gasteiger partial charge in [0.2, 0.25) is 0 Å². The van der Waals surface area contributed by atoms with Crippen molar-refractivity contribution < 1.29 is 24.2 Å². The van der Waals surface area contributed by atoms with Crippen LogP contribution in [-0.4, -0.2) is 82.0 Å². The van der Waals surface area contributed by atoms with Gasteiger partial charge in [0, 0.05) is 49.3 Å². The average molecular weight is 636 g/mol. The minimum Gasteiger partial charge on any atom is -0.457 e. The molecule has 0 bridgehead atoms. The molecular formula is C38H57N3O5. The molecule has 2 saturated heterocycles. The van der Waals surface area contributed by atoms with E-state index in [-0.39, 0.29) is 36.2 Å². The molecule has 4 heterocycles. The van der Waals surface area contributed by atoms with E-state index in [0.29, 0.717) is 32.0 Å². The molecule has 1 aromatic heterocycles. The predicted molar refractivity (Wildman–Crippen MR) is 182 cm³/mol. The summed E-state index contributed by atoms with van der Waals surface area (Å²) in [4.78, 5) is 35.3. The summed E-state index contributed by atoms with van der Waals surface area (Å²) in [5.74, 6) is -0.308. The lowest BCUT2D eigenvalue weighted by Gasteiger charge is -2.39. The van der Waals surface area contributed by atoms with E-state index >= 15 is 0 Å². The van der Waals surface area contributed by atoms with Gasteiger partial charge in [-0.15, -0.1) is 0 Å². The molecule has 0 saturated carbocycles. The summed E-state index contributed by atoms with van der Waals surface area (Å²) in [7, 11) is 0. The number of likely N-dealkylation sites (tertiary alicyclic amines) is 2. The highest BCUT2D eigenvalue weighted by atomic mass is 16.6. The zero-order valence-electron chi connectivity index (χ0n) is 28.8. The van der Waals surface area contributed by atoms with Crippen LogP contribution < -0.4 is 0 Å². The number of allylic oxidation sites excluding steroid dienone is 3. The fraction of sp³-hybridized carbons (Fsp3) is 0.658. The molecule has 3 aliphatic rings. The van der Waals surface area contributed by atoms with E-state index in [0.717, 1.165) is 37.2 Å². The Hall–Kier alpha value is -2.97. The van der Waals surface area contributed by atoms with Crippen molar-refractivity contribution in [2.75, 3.05) is 26.2 Å². The van der Waals surface area contributed by atoms with E-state index in [1.807, 2.05) is 57.2 Å². The number of aliphatic hydroxyl groups is 1. The third kappa shape index (κ3) is 10.5. The topological polar surface area (TPSA) is 92.2 Å². The zero-order chi connectivity index (χ0) is 33.1. The molecule has 1 N–H and O–H groups in total. The van der Waals surface area contributed by atoms with Crippen LogP contribution in [0.15, 0.2) is 60.3 Å². The van der Waals surface area contributed by atoms with Gasteiger partial charge in [-0.25, -0.2) is 4.79 Å². The number of amides is 1. The second kappa shape index (κ2) is 17.3. The lowest BCUT2D eigenvalue weighted by molar-refractivity contribution is -0.150. The Labute approximate surface area is 276 Å². The summed E-state index contributed by atoms with van der Waals surface area (Å²) in [6.07, 6.45) is 18.2. The number of carbonyl (C=O) groups excluding carboxylic acids is 2. The molecule has 0 unspecified atom stereocenters. The maximum Gasteiger partial charge on any atom is 0.410 e. The number of cyclic esters (lactones) is 1. The standard InChI is InChI=1S/C38H57N3O5/c1-28-18-21-38(5,44)34(45-37(43)41-25-19-32(20-26-41)40-23-10-6-7-11-24-40)17-16-31(4)36(46-35(42)27-28)30(3)14-12-13-29(2)33-15-8-9-22-39-33/h8-9,12-17,22,28-29,31-32,34,36,44H,6-7,10-11,18-21,23-27H2,1-5H3/b13-12+,17-16+,30-14+/t28-,29+,31+,34+,36-,38-/m1/s1. The zero-order valence-corrected chi connectivity index (χ0v) is 28.8. The monoisotopic (exact) mass is 635 g/mol. The molecule has 254 valence electrons. The minimum atomic E-state index is -1.28. The quantitative estimate of drug-likeness (QED) is 0.201. The molecule has 3 aliphatic heterocycles. The van der Waals surface area contributed by atoms with Crippen molar-refractivity contribution in [1.29, 1.82) is 0 Å². The van der Waals surface area contributed by atoms with Crippen LogP contribution in [0, 0.1) is 11.8 Å². The van der Waals surface area contributed by atoms with Gasteiger partial charge < -0.3 is 24.4 Å². The molecule has 1 aromatic rings. The van der Waals surface area contributed by atoms with Crippen molar-refractivity contribution >= 4 is 12.1 Å². The third-order valence-corrected chi connectivity index (χ3v) is 10.1. The first-order valence-corrected chi connectivity index (χ1v) is 17.6. The fourth-order valence-corrected chi connectivity index (χ4v) is 6.89. The summed E-state index contributed by atoms with van der Waals surface area (Å²) in [6.45, 7) is 13.4. The summed E-state index contributed by atoms with van der Waals surface area (Å²) < 4.78 is 12.1. The summed E-state index contributed by atoms with van der Waals surface area (Å²) in [5, 5.41) is 11.6. The van der Waals surface area contributed by atoms with Gasteiger partial charge in [0.15, 0.2) is 6.10 Å². The van der Waals surface area contributed by atoms with E-state index < -0.39 is 17.8 Å². The van der Waals surface area contributed by atoms with Crippen molar-refractivity contribution in [2.24, 2.45) is 11.8 Å². The van der Waals surface area contributed by atoms with Crippen molar-refractivity contribution in [2.45, 2.75) is 122 Å². The van der Waals surface area contributed by atoms with Gasteiger partial charge in [-0.05, 0) is 95.2 Å². The van der Waals surface area contributed by atoms with Crippen LogP contribution in [0.4, 0.5) is 4.79 Å². The lowest BCUT2D eigenvalue weighted by atomic mass is 9.87. The molecule has 4 rings (SSSR count). The Balaban J connectivity index is 1.45. The van der Waals surface area contributed by atoms with Crippen molar-refractivity contribution in [3.63, 3.8) is 0 Å². The number of esters is 1. The van der Waals surface area contributed by atoms with Gasteiger partial charge in [-0.2, -0.15) is 0 Å². The van der Waals surface area contributed by atoms with Crippen LogP contribution in [-0.2, 0) is 14.3 Å². The predicted octanol–water partition coefficient (Wildman–Crippen LogP) is 7.21. The highest BCUT2D eigenvalue weighted by Gasteiger charge is 2.37. The molecule has 2 fully saturated rings. The van der Waals surface area contributed by atoms with Gasteiger partial charge in [-0.3, -0.25) is 9.78 Å². The van der Waals surface area contributed by atoms with Crippen LogP contribution in [0.5, 0.6) is 0 Å². The van der Waals surface area contributed by atoms with Crippen LogP contribution in [0.25, 0.3) is 0 Å². The van der Waals surface area contributed by atoms with Gasteiger partial charge >= 0.3 is 12.1 Å². The first-order valence-electron chi connectivity index (χ1n) is 17.6. The van der Waals surface area contributed by atoms with Gasteiger partial charge in [0.1, 0.15) is 11.7 Å². The van der Waals surface area contributed by atoms with E-state index in [4.69, 9.17) is 9.47 Å². The molecule has 1 amide bonds. The van der Waals surface area contributed by atoms with Crippen molar-refractivity contribution in [3.8, 4) is 0 Å². The van der Waals surface area contributed by atoms with Crippen LogP contribution >= 0.6 is 0 Å². The number of pyridine rings is 1. The van der Waals surface area contributed by atoms with Crippen LogP contribution in [0.2, 0.25) is 0 Å². The molecule has 0 radical (unpaired) electrons. The molecule has 0 aliphatic carbocycles.